The lowest BCUT2D eigenvalue weighted by Gasteiger charge is -2.19. The molecule has 0 aliphatic heterocycles. The van der Waals surface area contributed by atoms with E-state index < -0.39 is 28.0 Å². The van der Waals surface area contributed by atoms with E-state index in [2.05, 4.69) is 9.71 Å². The second-order valence-electron chi connectivity index (χ2n) is 3.78. The molecule has 1 unspecified atom stereocenters. The van der Waals surface area contributed by atoms with E-state index in [4.69, 9.17) is 16.6 Å². The molecule has 0 amide bonds. The monoisotopic (exact) mass is 266 g/mol. The molecule has 0 fully saturated rings. The summed E-state index contributed by atoms with van der Waals surface area (Å²) in [5.41, 5.74) is 10.2. The van der Waals surface area contributed by atoms with Crippen LogP contribution in [0.15, 0.2) is 4.99 Å². The zero-order valence-electron chi connectivity index (χ0n) is 9.75. The van der Waals surface area contributed by atoms with Crippen molar-refractivity contribution in [2.45, 2.75) is 19.4 Å². The fourth-order valence-corrected chi connectivity index (χ4v) is 2.00. The Morgan fingerprint density at radius 1 is 1.47 bits per heavy atom. The van der Waals surface area contributed by atoms with Crippen molar-refractivity contribution in [3.63, 3.8) is 0 Å². The van der Waals surface area contributed by atoms with E-state index in [9.17, 15) is 13.2 Å². The number of rotatable bonds is 7. The summed E-state index contributed by atoms with van der Waals surface area (Å²) in [6, 6.07) is -1.18. The summed E-state index contributed by atoms with van der Waals surface area (Å²) in [6.45, 7) is 1.86. The highest BCUT2D eigenvalue weighted by molar-refractivity contribution is 7.88. The third-order valence-corrected chi connectivity index (χ3v) is 2.74. The first-order valence-corrected chi connectivity index (χ1v) is 6.78. The van der Waals surface area contributed by atoms with Crippen molar-refractivity contribution in [2.75, 3.05) is 12.8 Å². The number of nitrogens with two attached hydrogens (primary N) is 2. The number of hydrogen-bond acceptors (Lipinski definition) is 4. The summed E-state index contributed by atoms with van der Waals surface area (Å²) >= 11 is 0. The van der Waals surface area contributed by atoms with E-state index in [-0.39, 0.29) is 12.5 Å². The van der Waals surface area contributed by atoms with Gasteiger partial charge in [-0.05, 0) is 12.3 Å². The zero-order chi connectivity index (χ0) is 13.6. The third kappa shape index (κ3) is 7.53. The van der Waals surface area contributed by atoms with Crippen LogP contribution in [0.3, 0.4) is 0 Å². The molecular formula is C8H18N4O4S. The van der Waals surface area contributed by atoms with E-state index in [1.807, 2.05) is 0 Å². The number of guanidine groups is 1. The van der Waals surface area contributed by atoms with Gasteiger partial charge in [-0.1, -0.05) is 6.92 Å². The molecule has 0 aromatic rings. The van der Waals surface area contributed by atoms with Crippen LogP contribution in [0.25, 0.3) is 0 Å². The van der Waals surface area contributed by atoms with Crippen LogP contribution in [-0.4, -0.2) is 44.3 Å². The van der Waals surface area contributed by atoms with Crippen molar-refractivity contribution in [1.82, 2.24) is 4.72 Å². The van der Waals surface area contributed by atoms with Crippen LogP contribution in [0, 0.1) is 5.92 Å². The summed E-state index contributed by atoms with van der Waals surface area (Å²) in [5, 5.41) is 8.90. The largest absolute Gasteiger partial charge is 0.480 e. The van der Waals surface area contributed by atoms with E-state index in [0.29, 0.717) is 6.42 Å². The summed E-state index contributed by atoms with van der Waals surface area (Å²) in [7, 11) is -3.57. The first kappa shape index (κ1) is 15.7. The normalized spacial score (nSPS) is 14.9. The molecule has 0 bridgehead atoms. The number of nitrogens with one attached hydrogen (secondary N) is 1. The van der Waals surface area contributed by atoms with Gasteiger partial charge in [0.1, 0.15) is 6.04 Å². The van der Waals surface area contributed by atoms with Crippen molar-refractivity contribution < 1.29 is 18.3 Å². The van der Waals surface area contributed by atoms with Gasteiger partial charge in [-0.2, -0.15) is 0 Å². The number of carbonyl (C=O) groups is 1. The molecule has 17 heavy (non-hydrogen) atoms. The number of hydrogen-bond donors (Lipinski definition) is 4. The predicted molar refractivity (Wildman–Crippen MR) is 63.9 cm³/mol. The van der Waals surface area contributed by atoms with Gasteiger partial charge in [0, 0.05) is 6.54 Å². The Hall–Kier alpha value is -1.35. The highest BCUT2D eigenvalue weighted by Crippen LogP contribution is 2.09. The van der Waals surface area contributed by atoms with Gasteiger partial charge in [0.25, 0.3) is 0 Å². The minimum atomic E-state index is -3.57. The fraction of sp³-hybridized carbons (Fsp3) is 0.750. The molecule has 6 N–H and O–H groups in total. The van der Waals surface area contributed by atoms with Crippen LogP contribution in [0.1, 0.15) is 13.3 Å². The van der Waals surface area contributed by atoms with Crippen LogP contribution in [0.5, 0.6) is 0 Å². The average molecular weight is 266 g/mol. The van der Waals surface area contributed by atoms with Gasteiger partial charge in [-0.15, -0.1) is 0 Å². The lowest BCUT2D eigenvalue weighted by atomic mass is 9.99. The topological polar surface area (TPSA) is 148 Å². The molecule has 0 spiro atoms. The third-order valence-electron chi connectivity index (χ3n) is 2.05. The maximum Gasteiger partial charge on any atom is 0.322 e. The lowest BCUT2D eigenvalue weighted by Crippen LogP contribution is -2.44. The van der Waals surface area contributed by atoms with Gasteiger partial charge in [0.2, 0.25) is 10.0 Å². The minimum absolute atomic E-state index is 0.0832. The van der Waals surface area contributed by atoms with Gasteiger partial charge in [0.05, 0.1) is 6.26 Å². The molecule has 100 valence electrons. The van der Waals surface area contributed by atoms with Gasteiger partial charge < -0.3 is 16.6 Å². The number of carboxylic acid groups (broad SMARTS) is 1. The van der Waals surface area contributed by atoms with Crippen LogP contribution < -0.4 is 16.2 Å². The maximum absolute atomic E-state index is 11.0. The Balaban J connectivity index is 4.51. The highest BCUT2D eigenvalue weighted by Gasteiger charge is 2.27. The summed E-state index contributed by atoms with van der Waals surface area (Å²) in [6.07, 6.45) is 1.27. The molecule has 2 atom stereocenters. The molecule has 0 saturated heterocycles. The van der Waals surface area contributed by atoms with Gasteiger partial charge >= 0.3 is 5.97 Å². The summed E-state index contributed by atoms with van der Waals surface area (Å²) < 4.78 is 24.0. The molecule has 0 heterocycles. The predicted octanol–water partition coefficient (Wildman–Crippen LogP) is -1.71. The SMILES string of the molecule is CC(CCN=C(N)N)[C@H](NS(C)(=O)=O)C(=O)O. The Morgan fingerprint density at radius 3 is 2.35 bits per heavy atom. The first-order chi connectivity index (χ1) is 7.63. The number of aliphatic imine (C=N–C) groups is 1. The van der Waals surface area contributed by atoms with E-state index >= 15 is 0 Å². The van der Waals surface area contributed by atoms with E-state index in [0.717, 1.165) is 6.26 Å². The van der Waals surface area contributed by atoms with Gasteiger partial charge in [0.15, 0.2) is 5.96 Å². The molecule has 0 aromatic heterocycles. The van der Waals surface area contributed by atoms with Crippen LogP contribution >= 0.6 is 0 Å². The second-order valence-corrected chi connectivity index (χ2v) is 5.56. The first-order valence-electron chi connectivity index (χ1n) is 4.89. The number of aliphatic carboxylic acids is 1. The minimum Gasteiger partial charge on any atom is -0.480 e. The van der Waals surface area contributed by atoms with Crippen molar-refractivity contribution in [1.29, 1.82) is 0 Å². The van der Waals surface area contributed by atoms with Crippen molar-refractivity contribution in [3.8, 4) is 0 Å². The van der Waals surface area contributed by atoms with Crippen LogP contribution in [0.4, 0.5) is 0 Å². The summed E-state index contributed by atoms with van der Waals surface area (Å²) in [5.74, 6) is -1.74. The Labute approximate surface area is 100 Å². The number of carboxylic acids is 1. The van der Waals surface area contributed by atoms with Gasteiger partial charge in [-0.3, -0.25) is 9.79 Å². The Kier molecular flexibility index (Phi) is 5.89. The molecule has 9 heteroatoms. The lowest BCUT2D eigenvalue weighted by molar-refractivity contribution is -0.140. The quantitative estimate of drug-likeness (QED) is 0.318. The highest BCUT2D eigenvalue weighted by atomic mass is 32.2. The Bertz CT molecular complexity index is 388. The molecule has 0 aromatic carbocycles. The number of sulfonamides is 1. The van der Waals surface area contributed by atoms with Crippen molar-refractivity contribution in [3.05, 3.63) is 0 Å². The smallest absolute Gasteiger partial charge is 0.322 e. The molecule has 0 aliphatic rings. The second kappa shape index (κ2) is 6.40. The van der Waals surface area contributed by atoms with Gasteiger partial charge in [-0.25, -0.2) is 13.1 Å². The van der Waals surface area contributed by atoms with Crippen molar-refractivity contribution in [2.24, 2.45) is 22.4 Å². The van der Waals surface area contributed by atoms with Crippen LogP contribution in [0.2, 0.25) is 0 Å². The maximum atomic E-state index is 11.0. The zero-order valence-corrected chi connectivity index (χ0v) is 10.6. The molecule has 0 aliphatic carbocycles. The molecule has 8 nitrogen and oxygen atoms in total. The molecule has 0 rings (SSSR count). The summed E-state index contributed by atoms with van der Waals surface area (Å²) in [4.78, 5) is 14.6. The number of nitrogens with zero attached hydrogens (tertiary/aromatic N) is 1. The molecular weight excluding hydrogens is 248 g/mol. The fourth-order valence-electron chi connectivity index (χ4n) is 1.20. The van der Waals surface area contributed by atoms with E-state index in [1.54, 1.807) is 6.92 Å². The molecule has 0 radical (unpaired) electrons. The average Bonchev–Trinajstić information content (AvgIpc) is 2.11. The standard InChI is InChI=1S/C8H18N4O4S/c1-5(3-4-11-8(9)10)6(7(13)14)12-17(2,15)16/h5-6,12H,3-4H2,1-2H3,(H,13,14)(H4,9,10,11)/t5?,6-/m0/s1. The van der Waals surface area contributed by atoms with Crippen LogP contribution in [-0.2, 0) is 14.8 Å². The van der Waals surface area contributed by atoms with E-state index in [1.165, 1.54) is 0 Å². The van der Waals surface area contributed by atoms with Crippen molar-refractivity contribution >= 4 is 22.0 Å². The Morgan fingerprint density at radius 2 is 2.00 bits per heavy atom. The molecule has 0 saturated carbocycles.